The predicted molar refractivity (Wildman–Crippen MR) is 65.7 cm³/mol. The van der Waals surface area contributed by atoms with Gasteiger partial charge in [-0.15, -0.1) is 0 Å². The first-order valence-corrected chi connectivity index (χ1v) is 5.82. The molecule has 0 fully saturated rings. The zero-order chi connectivity index (χ0) is 12.0. The fourth-order valence-electron chi connectivity index (χ4n) is 1.49. The summed E-state index contributed by atoms with van der Waals surface area (Å²) in [5, 5.41) is 3.73. The predicted octanol–water partition coefficient (Wildman–Crippen LogP) is 2.88. The summed E-state index contributed by atoms with van der Waals surface area (Å²) in [6.45, 7) is 4.65. The molecule has 0 bridgehead atoms. The number of aromatic nitrogens is 2. The monoisotopic (exact) mass is 243 g/mol. The van der Waals surface area contributed by atoms with Gasteiger partial charge in [-0.05, 0) is 13.3 Å². The van der Waals surface area contributed by atoms with Crippen molar-refractivity contribution < 1.29 is 4.74 Å². The van der Waals surface area contributed by atoms with E-state index in [0.717, 1.165) is 18.7 Å². The third-order valence-electron chi connectivity index (χ3n) is 2.13. The highest BCUT2D eigenvalue weighted by Crippen LogP contribution is 2.14. The molecule has 4 nitrogen and oxygen atoms in total. The molecular weight excluding hydrogens is 226 g/mol. The summed E-state index contributed by atoms with van der Waals surface area (Å²) >= 11 is 5.90. The van der Waals surface area contributed by atoms with Crippen molar-refractivity contribution in [3.8, 4) is 0 Å². The molecule has 16 heavy (non-hydrogen) atoms. The first-order chi connectivity index (χ1) is 7.65. The van der Waals surface area contributed by atoms with Crippen LogP contribution in [0.1, 0.15) is 32.5 Å². The molecule has 1 N–H and O–H groups in total. The number of nitrogens with one attached hydrogen (secondary N) is 1. The van der Waals surface area contributed by atoms with E-state index in [1.807, 2.05) is 0 Å². The molecule has 0 spiro atoms. The minimum absolute atomic E-state index is 0.372. The second-order valence-electron chi connectivity index (χ2n) is 3.76. The van der Waals surface area contributed by atoms with Gasteiger partial charge in [0.05, 0.1) is 0 Å². The highest BCUT2D eigenvalue weighted by atomic mass is 35.5. The van der Waals surface area contributed by atoms with Gasteiger partial charge in [-0.2, -0.15) is 0 Å². The van der Waals surface area contributed by atoms with E-state index in [4.69, 9.17) is 16.3 Å². The fourth-order valence-corrected chi connectivity index (χ4v) is 1.69. The van der Waals surface area contributed by atoms with Gasteiger partial charge in [0.15, 0.2) is 5.82 Å². The number of rotatable bonds is 6. The van der Waals surface area contributed by atoms with Crippen molar-refractivity contribution >= 4 is 17.4 Å². The van der Waals surface area contributed by atoms with Crippen LogP contribution in [0.5, 0.6) is 0 Å². The Hall–Kier alpha value is -0.870. The van der Waals surface area contributed by atoms with Crippen molar-refractivity contribution in [2.45, 2.75) is 39.3 Å². The van der Waals surface area contributed by atoms with Crippen molar-refractivity contribution in [2.24, 2.45) is 0 Å². The zero-order valence-electron chi connectivity index (χ0n) is 9.96. The molecule has 0 amide bonds. The standard InChI is InChI=1S/C11H18ClN3O/c1-4-5-8(2)13-10-6-9(12)14-11(15-10)7-16-3/h6,8H,4-5,7H2,1-3H3,(H,13,14,15). The molecule has 0 radical (unpaired) electrons. The SMILES string of the molecule is CCCC(C)Nc1cc(Cl)nc(COC)n1. The number of hydrogen-bond acceptors (Lipinski definition) is 4. The van der Waals surface area contributed by atoms with E-state index in [-0.39, 0.29) is 0 Å². The summed E-state index contributed by atoms with van der Waals surface area (Å²) in [4.78, 5) is 8.38. The lowest BCUT2D eigenvalue weighted by Crippen LogP contribution is -2.16. The Balaban J connectivity index is 2.71. The average molecular weight is 244 g/mol. The van der Waals surface area contributed by atoms with Crippen molar-refractivity contribution in [1.29, 1.82) is 0 Å². The van der Waals surface area contributed by atoms with Gasteiger partial charge >= 0.3 is 0 Å². The third kappa shape index (κ3) is 4.33. The summed E-state index contributed by atoms with van der Waals surface area (Å²) in [6.07, 6.45) is 2.24. The van der Waals surface area contributed by atoms with Crippen molar-refractivity contribution in [1.82, 2.24) is 9.97 Å². The smallest absolute Gasteiger partial charge is 0.158 e. The normalized spacial score (nSPS) is 12.5. The first-order valence-electron chi connectivity index (χ1n) is 5.44. The van der Waals surface area contributed by atoms with Crippen LogP contribution in [-0.2, 0) is 11.3 Å². The molecule has 1 aromatic heterocycles. The van der Waals surface area contributed by atoms with Crippen LogP contribution in [0.3, 0.4) is 0 Å². The molecule has 1 heterocycles. The molecular formula is C11H18ClN3O. The maximum atomic E-state index is 5.90. The molecule has 0 saturated heterocycles. The van der Waals surface area contributed by atoms with Gasteiger partial charge in [-0.25, -0.2) is 9.97 Å². The van der Waals surface area contributed by atoms with Gasteiger partial charge in [-0.1, -0.05) is 24.9 Å². The summed E-state index contributed by atoms with van der Waals surface area (Å²) < 4.78 is 4.98. The molecule has 0 aromatic carbocycles. The number of ether oxygens (including phenoxy) is 1. The topological polar surface area (TPSA) is 47.0 Å². The molecule has 1 unspecified atom stereocenters. The zero-order valence-corrected chi connectivity index (χ0v) is 10.7. The lowest BCUT2D eigenvalue weighted by molar-refractivity contribution is 0.178. The maximum absolute atomic E-state index is 5.90. The van der Waals surface area contributed by atoms with Gasteiger partial charge in [0.25, 0.3) is 0 Å². The first kappa shape index (κ1) is 13.2. The number of methoxy groups -OCH3 is 1. The Morgan fingerprint density at radius 2 is 2.25 bits per heavy atom. The molecule has 1 aromatic rings. The van der Waals surface area contributed by atoms with Gasteiger partial charge in [0, 0.05) is 19.2 Å². The average Bonchev–Trinajstić information content (AvgIpc) is 2.17. The quantitative estimate of drug-likeness (QED) is 0.781. The molecule has 0 aliphatic rings. The minimum Gasteiger partial charge on any atom is -0.377 e. The largest absolute Gasteiger partial charge is 0.377 e. The van der Waals surface area contributed by atoms with Crippen LogP contribution in [0.25, 0.3) is 0 Å². The molecule has 1 rings (SSSR count). The Labute approximate surface area is 101 Å². The number of anilines is 1. The van der Waals surface area contributed by atoms with Gasteiger partial charge < -0.3 is 10.1 Å². The number of nitrogens with zero attached hydrogens (tertiary/aromatic N) is 2. The van der Waals surface area contributed by atoms with Crippen LogP contribution >= 0.6 is 11.6 Å². The van der Waals surface area contributed by atoms with Crippen LogP contribution in [0.4, 0.5) is 5.82 Å². The van der Waals surface area contributed by atoms with E-state index < -0.39 is 0 Å². The Bertz CT molecular complexity index is 333. The second-order valence-corrected chi connectivity index (χ2v) is 4.15. The summed E-state index contributed by atoms with van der Waals surface area (Å²) in [5.74, 6) is 1.36. The summed E-state index contributed by atoms with van der Waals surface area (Å²) in [6, 6.07) is 2.11. The maximum Gasteiger partial charge on any atom is 0.158 e. The number of halogens is 1. The van der Waals surface area contributed by atoms with Crippen molar-refractivity contribution in [3.63, 3.8) is 0 Å². The Morgan fingerprint density at radius 3 is 2.88 bits per heavy atom. The van der Waals surface area contributed by atoms with Crippen molar-refractivity contribution in [2.75, 3.05) is 12.4 Å². The second kappa shape index (κ2) is 6.66. The highest BCUT2D eigenvalue weighted by molar-refractivity contribution is 6.29. The lowest BCUT2D eigenvalue weighted by Gasteiger charge is -2.14. The minimum atomic E-state index is 0.372. The van der Waals surface area contributed by atoms with E-state index >= 15 is 0 Å². The highest BCUT2D eigenvalue weighted by Gasteiger charge is 2.06. The van der Waals surface area contributed by atoms with Crippen molar-refractivity contribution in [3.05, 3.63) is 17.0 Å². The van der Waals surface area contributed by atoms with E-state index in [2.05, 4.69) is 29.1 Å². The summed E-state index contributed by atoms with van der Waals surface area (Å²) in [7, 11) is 1.61. The van der Waals surface area contributed by atoms with Crippen LogP contribution in [-0.4, -0.2) is 23.1 Å². The van der Waals surface area contributed by atoms with Gasteiger partial charge in [-0.3, -0.25) is 0 Å². The van der Waals surface area contributed by atoms with E-state index in [1.165, 1.54) is 0 Å². The fraction of sp³-hybridized carbons (Fsp3) is 0.636. The number of hydrogen-bond donors (Lipinski definition) is 1. The molecule has 5 heteroatoms. The van der Waals surface area contributed by atoms with E-state index in [1.54, 1.807) is 13.2 Å². The van der Waals surface area contributed by atoms with E-state index in [0.29, 0.717) is 23.6 Å². The van der Waals surface area contributed by atoms with Gasteiger partial charge in [0.1, 0.15) is 17.6 Å². The summed E-state index contributed by atoms with van der Waals surface area (Å²) in [5.41, 5.74) is 0. The molecule has 90 valence electrons. The lowest BCUT2D eigenvalue weighted by atomic mass is 10.2. The van der Waals surface area contributed by atoms with Crippen LogP contribution in [0, 0.1) is 0 Å². The van der Waals surface area contributed by atoms with Crippen LogP contribution in [0.15, 0.2) is 6.07 Å². The Morgan fingerprint density at radius 1 is 1.50 bits per heavy atom. The van der Waals surface area contributed by atoms with Gasteiger partial charge in [0.2, 0.25) is 0 Å². The molecule has 1 atom stereocenters. The molecule has 0 aliphatic heterocycles. The Kier molecular flexibility index (Phi) is 5.49. The van der Waals surface area contributed by atoms with Crippen LogP contribution in [0.2, 0.25) is 5.15 Å². The molecule has 0 saturated carbocycles. The van der Waals surface area contributed by atoms with E-state index in [9.17, 15) is 0 Å². The third-order valence-corrected chi connectivity index (χ3v) is 2.32. The van der Waals surface area contributed by atoms with Crippen LogP contribution < -0.4 is 5.32 Å². The molecule has 0 aliphatic carbocycles.